The van der Waals surface area contributed by atoms with Crippen LogP contribution < -0.4 is 14.4 Å². The van der Waals surface area contributed by atoms with E-state index >= 15 is 0 Å². The van der Waals surface area contributed by atoms with Gasteiger partial charge in [-0.25, -0.2) is 4.79 Å². The molecule has 2 aromatic rings. The van der Waals surface area contributed by atoms with Gasteiger partial charge in [0.05, 0.1) is 17.3 Å². The Hall–Kier alpha value is -3.21. The zero-order chi connectivity index (χ0) is 24.7. The van der Waals surface area contributed by atoms with E-state index < -0.39 is 16.1 Å². The lowest BCUT2D eigenvalue weighted by molar-refractivity contribution is -0.389. The number of carbonyl (C=O) groups is 1. The van der Waals surface area contributed by atoms with E-state index in [0.717, 1.165) is 5.69 Å². The average molecular weight is 494 g/mol. The Morgan fingerprint density at radius 1 is 1.29 bits per heavy atom. The number of amides is 1. The number of imidazole rings is 1. The van der Waals surface area contributed by atoms with Gasteiger partial charge in [0, 0.05) is 37.2 Å². The third-order valence-electron chi connectivity index (χ3n) is 5.49. The van der Waals surface area contributed by atoms with Crippen LogP contribution in [0.1, 0.15) is 27.7 Å². The fourth-order valence-electron chi connectivity index (χ4n) is 3.88. The second kappa shape index (κ2) is 8.86. The molecular formula is C22H28ClN5O6. The summed E-state index contributed by atoms with van der Waals surface area (Å²) < 4.78 is 18.8. The molecule has 1 aromatic carbocycles. The van der Waals surface area contributed by atoms with E-state index in [1.165, 1.54) is 6.20 Å². The Morgan fingerprint density at radius 3 is 2.59 bits per heavy atom. The summed E-state index contributed by atoms with van der Waals surface area (Å²) in [5.74, 6) is 0.341. The summed E-state index contributed by atoms with van der Waals surface area (Å²) in [4.78, 5) is 30.3. The monoisotopic (exact) mass is 493 g/mol. The van der Waals surface area contributed by atoms with Crippen LogP contribution in [0.3, 0.4) is 0 Å². The number of hydrogen-bond acceptors (Lipinski definition) is 8. The van der Waals surface area contributed by atoms with Gasteiger partial charge in [0.1, 0.15) is 24.2 Å². The number of nitro groups is 1. The standard InChI is InChI=1S/C22H28ClN5O6/c1-21(2,3)34-20(29)26-9-7-25(8-10-26)17-6-5-15(11-16(17)23)32-14-22(4)13-27-12-18(28(30)31)24-19(27)33-22/h5-6,11-12H,7-10,13-14H2,1-4H3/t22-/m1/s1. The van der Waals surface area contributed by atoms with Crippen LogP contribution in [-0.2, 0) is 11.3 Å². The highest BCUT2D eigenvalue weighted by atomic mass is 35.5. The fourth-order valence-corrected chi connectivity index (χ4v) is 4.17. The Kier molecular flexibility index (Phi) is 6.24. The molecule has 1 fully saturated rings. The Bertz CT molecular complexity index is 1070. The first-order valence-corrected chi connectivity index (χ1v) is 11.4. The largest absolute Gasteiger partial charge is 0.489 e. The normalized spacial score (nSPS) is 20.0. The highest BCUT2D eigenvalue weighted by Crippen LogP contribution is 2.34. The summed E-state index contributed by atoms with van der Waals surface area (Å²) in [6, 6.07) is 5.69. The van der Waals surface area contributed by atoms with E-state index in [0.29, 0.717) is 43.5 Å². The quantitative estimate of drug-likeness (QED) is 0.457. The third kappa shape index (κ3) is 5.30. The van der Waals surface area contributed by atoms with Crippen LogP contribution in [0.2, 0.25) is 5.02 Å². The van der Waals surface area contributed by atoms with E-state index in [9.17, 15) is 14.9 Å². The molecule has 12 heteroatoms. The van der Waals surface area contributed by atoms with Crippen molar-refractivity contribution in [3.63, 3.8) is 0 Å². The number of aromatic nitrogens is 2. The molecule has 2 aliphatic heterocycles. The maximum Gasteiger partial charge on any atom is 0.415 e. The molecule has 0 aliphatic carbocycles. The van der Waals surface area contributed by atoms with Crippen LogP contribution in [0.4, 0.5) is 16.3 Å². The van der Waals surface area contributed by atoms with Crippen molar-refractivity contribution < 1.29 is 23.9 Å². The second-order valence-electron chi connectivity index (χ2n) is 9.67. The van der Waals surface area contributed by atoms with Gasteiger partial charge in [-0.2, -0.15) is 0 Å². The number of ether oxygens (including phenoxy) is 3. The molecule has 1 amide bonds. The molecule has 0 radical (unpaired) electrons. The highest BCUT2D eigenvalue weighted by Gasteiger charge is 2.41. The van der Waals surface area contributed by atoms with Crippen molar-refractivity contribution in [1.82, 2.24) is 14.5 Å². The van der Waals surface area contributed by atoms with Gasteiger partial charge in [-0.15, -0.1) is 0 Å². The molecule has 0 saturated carbocycles. The first-order valence-electron chi connectivity index (χ1n) is 11.0. The zero-order valence-corrected chi connectivity index (χ0v) is 20.4. The number of nitrogens with zero attached hydrogens (tertiary/aromatic N) is 5. The molecule has 1 saturated heterocycles. The van der Waals surface area contributed by atoms with Crippen molar-refractivity contribution in [3.8, 4) is 11.8 Å². The summed E-state index contributed by atoms with van der Waals surface area (Å²) in [6.45, 7) is 10.4. The van der Waals surface area contributed by atoms with Crippen molar-refractivity contribution in [2.24, 2.45) is 0 Å². The van der Waals surface area contributed by atoms with Crippen LogP contribution in [0.5, 0.6) is 11.8 Å². The summed E-state index contributed by atoms with van der Waals surface area (Å²) >= 11 is 6.55. The molecule has 11 nitrogen and oxygen atoms in total. The number of benzene rings is 1. The van der Waals surface area contributed by atoms with Crippen LogP contribution in [0, 0.1) is 10.1 Å². The second-order valence-corrected chi connectivity index (χ2v) is 10.1. The first kappa shape index (κ1) is 23.9. The van der Waals surface area contributed by atoms with Gasteiger partial charge in [0.15, 0.2) is 5.60 Å². The van der Waals surface area contributed by atoms with Gasteiger partial charge in [0.25, 0.3) is 0 Å². The molecule has 3 heterocycles. The minimum atomic E-state index is -0.708. The minimum absolute atomic E-state index is 0.205. The number of halogens is 1. The number of anilines is 1. The molecule has 184 valence electrons. The van der Waals surface area contributed by atoms with Gasteiger partial charge < -0.3 is 34.1 Å². The fraction of sp³-hybridized carbons (Fsp3) is 0.545. The summed E-state index contributed by atoms with van der Waals surface area (Å²) in [5.41, 5.74) is -0.360. The van der Waals surface area contributed by atoms with Crippen LogP contribution in [0.25, 0.3) is 0 Å². The van der Waals surface area contributed by atoms with Crippen molar-refractivity contribution in [3.05, 3.63) is 39.5 Å². The molecule has 0 spiro atoms. The molecule has 2 aliphatic rings. The lowest BCUT2D eigenvalue weighted by atomic mass is 10.1. The predicted octanol–water partition coefficient (Wildman–Crippen LogP) is 3.73. The predicted molar refractivity (Wildman–Crippen MR) is 125 cm³/mol. The van der Waals surface area contributed by atoms with E-state index in [2.05, 4.69) is 9.88 Å². The van der Waals surface area contributed by atoms with Crippen molar-refractivity contribution >= 4 is 29.2 Å². The average Bonchev–Trinajstić information content (AvgIpc) is 3.27. The molecule has 1 atom stereocenters. The van der Waals surface area contributed by atoms with E-state index in [1.54, 1.807) is 15.5 Å². The van der Waals surface area contributed by atoms with Crippen molar-refractivity contribution in [2.45, 2.75) is 45.4 Å². The number of carbonyl (C=O) groups excluding carboxylic acids is 1. The Balaban J connectivity index is 1.31. The third-order valence-corrected chi connectivity index (χ3v) is 5.79. The lowest BCUT2D eigenvalue weighted by Crippen LogP contribution is -2.50. The van der Waals surface area contributed by atoms with Crippen molar-refractivity contribution in [2.75, 3.05) is 37.7 Å². The molecule has 0 unspecified atom stereocenters. The lowest BCUT2D eigenvalue weighted by Gasteiger charge is -2.37. The molecule has 34 heavy (non-hydrogen) atoms. The summed E-state index contributed by atoms with van der Waals surface area (Å²) in [7, 11) is 0. The highest BCUT2D eigenvalue weighted by molar-refractivity contribution is 6.33. The number of fused-ring (bicyclic) bond motifs is 1. The van der Waals surface area contributed by atoms with E-state index in [-0.39, 0.29) is 24.5 Å². The van der Waals surface area contributed by atoms with Gasteiger partial charge >= 0.3 is 17.9 Å². The topological polar surface area (TPSA) is 112 Å². The van der Waals surface area contributed by atoms with E-state index in [4.69, 9.17) is 25.8 Å². The molecule has 0 N–H and O–H groups in total. The van der Waals surface area contributed by atoms with Crippen LogP contribution in [0.15, 0.2) is 24.4 Å². The summed E-state index contributed by atoms with van der Waals surface area (Å²) in [5, 5.41) is 11.4. The molecule has 0 bridgehead atoms. The van der Waals surface area contributed by atoms with E-state index in [1.807, 2.05) is 39.8 Å². The molecule has 1 aromatic heterocycles. The Labute approximate surface area is 202 Å². The number of hydrogen-bond donors (Lipinski definition) is 0. The van der Waals surface area contributed by atoms with Crippen molar-refractivity contribution in [1.29, 1.82) is 0 Å². The smallest absolute Gasteiger partial charge is 0.415 e. The van der Waals surface area contributed by atoms with Gasteiger partial charge in [-0.05, 0) is 44.8 Å². The summed E-state index contributed by atoms with van der Waals surface area (Å²) in [6.07, 6.45) is 1.05. The maximum atomic E-state index is 12.3. The van der Waals surface area contributed by atoms with Gasteiger partial charge in [-0.3, -0.25) is 4.57 Å². The SMILES string of the molecule is CC(C)(C)OC(=O)N1CCN(c2ccc(OC[C@@]3(C)Cn4cc([N+](=O)[O-])nc4O3)cc2Cl)CC1. The Morgan fingerprint density at radius 2 is 2.00 bits per heavy atom. The van der Waals surface area contributed by atoms with Gasteiger partial charge in [0.2, 0.25) is 0 Å². The maximum absolute atomic E-state index is 12.3. The number of piperazine rings is 1. The van der Waals surface area contributed by atoms with Crippen LogP contribution >= 0.6 is 11.6 Å². The minimum Gasteiger partial charge on any atom is -0.489 e. The molecule has 4 rings (SSSR count). The zero-order valence-electron chi connectivity index (χ0n) is 19.6. The molecular weight excluding hydrogens is 466 g/mol. The van der Waals surface area contributed by atoms with Crippen LogP contribution in [-0.4, -0.2) is 69.5 Å². The number of rotatable bonds is 5. The first-order chi connectivity index (χ1) is 15.9. The van der Waals surface area contributed by atoms with Gasteiger partial charge in [-0.1, -0.05) is 11.6 Å².